The van der Waals surface area contributed by atoms with Crippen molar-refractivity contribution >= 4 is 21.6 Å². The monoisotopic (exact) mass is 331 g/mol. The Balaban J connectivity index is 1.91. The van der Waals surface area contributed by atoms with Gasteiger partial charge < -0.3 is 9.47 Å². The minimum atomic E-state index is -3.42. The molecule has 0 bridgehead atoms. The molecule has 118 valence electrons. The van der Waals surface area contributed by atoms with Gasteiger partial charge in [0, 0.05) is 43.6 Å². The number of hydrogen-bond donors (Lipinski definition) is 0. The summed E-state index contributed by atoms with van der Waals surface area (Å²) in [6, 6.07) is 2.18. The van der Waals surface area contributed by atoms with Gasteiger partial charge in [0.15, 0.2) is 0 Å². The average Bonchev–Trinajstić information content (AvgIpc) is 3.16. The third kappa shape index (κ3) is 2.86. The SMILES string of the molecule is CC1CN(C)CCN1S(=O)(=O)c1cc(CCl)n(C2CC2)c1. The summed E-state index contributed by atoms with van der Waals surface area (Å²) in [5.41, 5.74) is 0.902. The number of likely N-dealkylation sites (N-methyl/N-ethyl adjacent to an activating group) is 1. The zero-order valence-electron chi connectivity index (χ0n) is 12.5. The number of halogens is 1. The third-order valence-electron chi connectivity index (χ3n) is 4.36. The molecule has 3 rings (SSSR count). The van der Waals surface area contributed by atoms with Crippen LogP contribution in [0.1, 0.15) is 31.5 Å². The summed E-state index contributed by atoms with van der Waals surface area (Å²) < 4.78 is 29.4. The predicted octanol–water partition coefficient (Wildman–Crippen LogP) is 1.89. The van der Waals surface area contributed by atoms with Crippen molar-refractivity contribution in [2.45, 2.75) is 42.6 Å². The minimum Gasteiger partial charge on any atom is -0.346 e. The largest absolute Gasteiger partial charge is 0.346 e. The topological polar surface area (TPSA) is 45.6 Å². The molecule has 0 aromatic carbocycles. The first-order valence-electron chi connectivity index (χ1n) is 7.40. The van der Waals surface area contributed by atoms with E-state index in [0.717, 1.165) is 31.6 Å². The fourth-order valence-electron chi connectivity index (χ4n) is 3.05. The standard InChI is InChI=1S/C14H22ClN3O2S/c1-11-9-16(2)5-6-18(11)21(19,20)14-7-13(8-15)17(10-14)12-3-4-12/h7,10-12H,3-6,8-9H2,1-2H3. The van der Waals surface area contributed by atoms with E-state index in [1.807, 2.05) is 18.5 Å². The highest BCUT2D eigenvalue weighted by Gasteiger charge is 2.35. The fourth-order valence-corrected chi connectivity index (χ4v) is 4.93. The fraction of sp³-hybridized carbons (Fsp3) is 0.714. The molecule has 0 amide bonds. The molecule has 1 aromatic rings. The zero-order chi connectivity index (χ0) is 15.2. The molecule has 2 heterocycles. The van der Waals surface area contributed by atoms with E-state index in [1.54, 1.807) is 16.6 Å². The summed E-state index contributed by atoms with van der Waals surface area (Å²) in [6.07, 6.45) is 4.00. The second-order valence-electron chi connectivity index (χ2n) is 6.17. The van der Waals surface area contributed by atoms with Crippen LogP contribution in [0.25, 0.3) is 0 Å². The van der Waals surface area contributed by atoms with E-state index in [9.17, 15) is 8.42 Å². The van der Waals surface area contributed by atoms with Gasteiger partial charge in [-0.1, -0.05) is 0 Å². The van der Waals surface area contributed by atoms with Crippen molar-refractivity contribution in [3.05, 3.63) is 18.0 Å². The van der Waals surface area contributed by atoms with E-state index in [1.165, 1.54) is 0 Å². The van der Waals surface area contributed by atoms with Gasteiger partial charge in [-0.05, 0) is 32.9 Å². The van der Waals surface area contributed by atoms with Gasteiger partial charge in [-0.2, -0.15) is 4.31 Å². The molecule has 1 saturated heterocycles. The Morgan fingerprint density at radius 3 is 2.62 bits per heavy atom. The number of sulfonamides is 1. The molecule has 2 fully saturated rings. The maximum absolute atomic E-state index is 12.9. The van der Waals surface area contributed by atoms with Gasteiger partial charge in [0.2, 0.25) is 10.0 Å². The van der Waals surface area contributed by atoms with E-state index in [2.05, 4.69) is 4.90 Å². The summed E-state index contributed by atoms with van der Waals surface area (Å²) in [6.45, 7) is 4.05. The Morgan fingerprint density at radius 2 is 2.05 bits per heavy atom. The van der Waals surface area contributed by atoms with Crippen molar-refractivity contribution in [1.82, 2.24) is 13.8 Å². The van der Waals surface area contributed by atoms with E-state index in [4.69, 9.17) is 11.6 Å². The first-order chi connectivity index (χ1) is 9.93. The van der Waals surface area contributed by atoms with Gasteiger partial charge >= 0.3 is 0 Å². The van der Waals surface area contributed by atoms with Crippen LogP contribution in [-0.2, 0) is 15.9 Å². The van der Waals surface area contributed by atoms with Crippen molar-refractivity contribution in [2.75, 3.05) is 26.7 Å². The lowest BCUT2D eigenvalue weighted by Gasteiger charge is -2.36. The van der Waals surface area contributed by atoms with Crippen LogP contribution < -0.4 is 0 Å². The van der Waals surface area contributed by atoms with Crippen LogP contribution >= 0.6 is 11.6 Å². The summed E-state index contributed by atoms with van der Waals surface area (Å²) in [4.78, 5) is 2.55. The molecular weight excluding hydrogens is 310 g/mol. The summed E-state index contributed by atoms with van der Waals surface area (Å²) in [5.74, 6) is 0.351. The molecule has 21 heavy (non-hydrogen) atoms. The Morgan fingerprint density at radius 1 is 1.33 bits per heavy atom. The Hall–Kier alpha value is -0.560. The van der Waals surface area contributed by atoms with Crippen LogP contribution in [0.3, 0.4) is 0 Å². The van der Waals surface area contributed by atoms with Crippen LogP contribution in [0, 0.1) is 0 Å². The lowest BCUT2D eigenvalue weighted by Crippen LogP contribution is -2.52. The van der Waals surface area contributed by atoms with Gasteiger partial charge in [-0.15, -0.1) is 11.6 Å². The number of piperazine rings is 1. The smallest absolute Gasteiger partial charge is 0.244 e. The van der Waals surface area contributed by atoms with Gasteiger partial charge in [-0.3, -0.25) is 0 Å². The average molecular weight is 332 g/mol. The molecule has 1 aliphatic carbocycles. The Bertz CT molecular complexity index is 624. The van der Waals surface area contributed by atoms with E-state index in [-0.39, 0.29) is 6.04 Å². The van der Waals surface area contributed by atoms with Crippen LogP contribution in [0.4, 0.5) is 0 Å². The highest BCUT2D eigenvalue weighted by Crippen LogP contribution is 2.38. The molecule has 7 heteroatoms. The Labute approximate surface area is 131 Å². The number of aromatic nitrogens is 1. The molecule has 2 aliphatic rings. The molecule has 0 spiro atoms. The lowest BCUT2D eigenvalue weighted by molar-refractivity contribution is 0.170. The van der Waals surface area contributed by atoms with E-state index in [0.29, 0.717) is 23.4 Å². The Kier molecular flexibility index (Phi) is 4.07. The second kappa shape index (κ2) is 5.57. The quantitative estimate of drug-likeness (QED) is 0.791. The molecule has 0 N–H and O–H groups in total. The summed E-state index contributed by atoms with van der Waals surface area (Å²) >= 11 is 5.96. The molecule has 1 saturated carbocycles. The maximum Gasteiger partial charge on any atom is 0.244 e. The van der Waals surface area contributed by atoms with Crippen LogP contribution in [0.15, 0.2) is 17.2 Å². The van der Waals surface area contributed by atoms with Crippen molar-refractivity contribution in [1.29, 1.82) is 0 Å². The van der Waals surface area contributed by atoms with Gasteiger partial charge in [-0.25, -0.2) is 8.42 Å². The molecule has 1 atom stereocenters. The molecular formula is C14H22ClN3O2S. The molecule has 1 aromatic heterocycles. The lowest BCUT2D eigenvalue weighted by atomic mass is 10.2. The predicted molar refractivity (Wildman–Crippen MR) is 83.1 cm³/mol. The second-order valence-corrected chi connectivity index (χ2v) is 8.32. The van der Waals surface area contributed by atoms with Crippen LogP contribution in [0.2, 0.25) is 0 Å². The zero-order valence-corrected chi connectivity index (χ0v) is 14.1. The number of nitrogens with zero attached hydrogens (tertiary/aromatic N) is 3. The number of hydrogen-bond acceptors (Lipinski definition) is 3. The van der Waals surface area contributed by atoms with Gasteiger partial charge in [0.1, 0.15) is 4.90 Å². The maximum atomic E-state index is 12.9. The first kappa shape index (κ1) is 15.3. The highest BCUT2D eigenvalue weighted by atomic mass is 35.5. The molecule has 1 aliphatic heterocycles. The first-order valence-corrected chi connectivity index (χ1v) is 9.38. The van der Waals surface area contributed by atoms with Gasteiger partial charge in [0.05, 0.1) is 5.88 Å². The van der Waals surface area contributed by atoms with Crippen molar-refractivity contribution < 1.29 is 8.42 Å². The van der Waals surface area contributed by atoms with Crippen LogP contribution in [0.5, 0.6) is 0 Å². The molecule has 0 radical (unpaired) electrons. The van der Waals surface area contributed by atoms with Crippen molar-refractivity contribution in [3.63, 3.8) is 0 Å². The number of alkyl halides is 1. The van der Waals surface area contributed by atoms with Gasteiger partial charge in [0.25, 0.3) is 0 Å². The minimum absolute atomic E-state index is 0.00234. The number of rotatable bonds is 4. The van der Waals surface area contributed by atoms with E-state index < -0.39 is 10.0 Å². The van der Waals surface area contributed by atoms with E-state index >= 15 is 0 Å². The van der Waals surface area contributed by atoms with Crippen molar-refractivity contribution in [2.24, 2.45) is 0 Å². The summed E-state index contributed by atoms with van der Waals surface area (Å²) in [5, 5.41) is 0. The normalized spacial score (nSPS) is 25.4. The highest BCUT2D eigenvalue weighted by molar-refractivity contribution is 7.89. The molecule has 5 nitrogen and oxygen atoms in total. The molecule has 1 unspecified atom stereocenters. The van der Waals surface area contributed by atoms with Crippen LogP contribution in [-0.4, -0.2) is 54.9 Å². The summed E-state index contributed by atoms with van der Waals surface area (Å²) in [7, 11) is -1.40. The van der Waals surface area contributed by atoms with Crippen molar-refractivity contribution in [3.8, 4) is 0 Å². The third-order valence-corrected chi connectivity index (χ3v) is 6.61.